The lowest BCUT2D eigenvalue weighted by Crippen LogP contribution is -2.10. The molecule has 4 aromatic rings. The van der Waals surface area contributed by atoms with Gasteiger partial charge in [0, 0.05) is 36.0 Å². The SMILES string of the molecule is Cc1nc(Oc2cc(C#N)ccc2-n2cc([C@@H](O)CN)cn2)cc(-c2cccc(C(F)(F)F)c2)n1. The predicted octanol–water partition coefficient (Wildman–Crippen LogP) is 4.31. The molecule has 0 unspecified atom stereocenters. The minimum Gasteiger partial charge on any atom is -0.437 e. The predicted molar refractivity (Wildman–Crippen MR) is 120 cm³/mol. The largest absolute Gasteiger partial charge is 0.437 e. The Hall–Kier alpha value is -4.27. The monoisotopic (exact) mass is 480 g/mol. The Bertz CT molecular complexity index is 1410. The third-order valence-electron chi connectivity index (χ3n) is 5.06. The summed E-state index contributed by atoms with van der Waals surface area (Å²) in [6.45, 7) is 1.60. The Balaban J connectivity index is 1.74. The Labute approximate surface area is 198 Å². The molecule has 0 fully saturated rings. The van der Waals surface area contributed by atoms with Crippen molar-refractivity contribution in [2.24, 2.45) is 5.73 Å². The number of hydrogen-bond donors (Lipinski definition) is 2. The van der Waals surface area contributed by atoms with E-state index in [0.29, 0.717) is 16.8 Å². The minimum absolute atomic E-state index is 0.0148. The van der Waals surface area contributed by atoms with Crippen molar-refractivity contribution in [3.05, 3.63) is 83.4 Å². The van der Waals surface area contributed by atoms with E-state index in [0.717, 1.165) is 12.1 Å². The molecule has 35 heavy (non-hydrogen) atoms. The van der Waals surface area contributed by atoms with E-state index in [9.17, 15) is 23.5 Å². The van der Waals surface area contributed by atoms with Crippen molar-refractivity contribution in [3.8, 4) is 34.6 Å². The van der Waals surface area contributed by atoms with E-state index in [1.807, 2.05) is 6.07 Å². The van der Waals surface area contributed by atoms with Crippen molar-refractivity contribution in [1.82, 2.24) is 19.7 Å². The second kappa shape index (κ2) is 9.54. The van der Waals surface area contributed by atoms with Gasteiger partial charge in [0.25, 0.3) is 0 Å². The van der Waals surface area contributed by atoms with Gasteiger partial charge in [0.15, 0.2) is 5.75 Å². The number of benzene rings is 2. The van der Waals surface area contributed by atoms with Gasteiger partial charge in [-0.3, -0.25) is 0 Å². The molecule has 178 valence electrons. The van der Waals surface area contributed by atoms with Crippen LogP contribution in [0.15, 0.2) is 60.9 Å². The molecule has 2 aromatic carbocycles. The molecule has 0 saturated heterocycles. The van der Waals surface area contributed by atoms with Crippen molar-refractivity contribution < 1.29 is 23.0 Å². The van der Waals surface area contributed by atoms with Gasteiger partial charge in [0.2, 0.25) is 5.88 Å². The highest BCUT2D eigenvalue weighted by Crippen LogP contribution is 2.34. The van der Waals surface area contributed by atoms with E-state index in [2.05, 4.69) is 15.1 Å². The first-order valence-corrected chi connectivity index (χ1v) is 10.4. The van der Waals surface area contributed by atoms with Crippen LogP contribution in [-0.2, 0) is 6.18 Å². The minimum atomic E-state index is -4.50. The fourth-order valence-corrected chi connectivity index (χ4v) is 3.34. The van der Waals surface area contributed by atoms with Gasteiger partial charge in [0.1, 0.15) is 11.5 Å². The Morgan fingerprint density at radius 1 is 1.17 bits per heavy atom. The first-order chi connectivity index (χ1) is 16.7. The fourth-order valence-electron chi connectivity index (χ4n) is 3.34. The number of rotatable bonds is 6. The number of alkyl halides is 3. The van der Waals surface area contributed by atoms with Gasteiger partial charge >= 0.3 is 6.18 Å². The van der Waals surface area contributed by atoms with Crippen molar-refractivity contribution >= 4 is 0 Å². The number of aryl methyl sites for hydroxylation is 1. The molecule has 0 saturated carbocycles. The molecule has 0 radical (unpaired) electrons. The van der Waals surface area contributed by atoms with Gasteiger partial charge in [0.05, 0.1) is 35.2 Å². The maximum atomic E-state index is 13.2. The quantitative estimate of drug-likeness (QED) is 0.421. The third kappa shape index (κ3) is 5.29. The molecule has 0 aliphatic heterocycles. The van der Waals surface area contributed by atoms with Crippen LogP contribution in [0, 0.1) is 18.3 Å². The van der Waals surface area contributed by atoms with Gasteiger partial charge in [-0.25, -0.2) is 9.67 Å². The van der Waals surface area contributed by atoms with Crippen molar-refractivity contribution in [1.29, 1.82) is 5.26 Å². The fraction of sp³-hybridized carbons (Fsp3) is 0.167. The van der Waals surface area contributed by atoms with Crippen molar-refractivity contribution in [2.45, 2.75) is 19.2 Å². The summed E-state index contributed by atoms with van der Waals surface area (Å²) in [5.74, 6) is 0.560. The summed E-state index contributed by atoms with van der Waals surface area (Å²) in [5.41, 5.74) is 6.43. The number of aliphatic hydroxyl groups is 1. The first-order valence-electron chi connectivity index (χ1n) is 10.4. The van der Waals surface area contributed by atoms with Crippen LogP contribution in [0.3, 0.4) is 0 Å². The molecule has 0 bridgehead atoms. The molecule has 0 aliphatic carbocycles. The van der Waals surface area contributed by atoms with Crippen LogP contribution >= 0.6 is 0 Å². The summed E-state index contributed by atoms with van der Waals surface area (Å²) in [4.78, 5) is 8.49. The van der Waals surface area contributed by atoms with E-state index < -0.39 is 17.8 Å². The first kappa shape index (κ1) is 23.9. The van der Waals surface area contributed by atoms with Gasteiger partial charge in [-0.15, -0.1) is 0 Å². The van der Waals surface area contributed by atoms with Crippen molar-refractivity contribution in [2.75, 3.05) is 6.54 Å². The number of ether oxygens (including phenoxy) is 1. The zero-order valence-electron chi connectivity index (χ0n) is 18.4. The molecular formula is C24H19F3N6O2. The lowest BCUT2D eigenvalue weighted by molar-refractivity contribution is -0.137. The normalized spacial score (nSPS) is 12.3. The van der Waals surface area contributed by atoms with E-state index >= 15 is 0 Å². The molecular weight excluding hydrogens is 461 g/mol. The molecule has 2 heterocycles. The smallest absolute Gasteiger partial charge is 0.416 e. The van der Waals surface area contributed by atoms with Crippen LogP contribution in [0.5, 0.6) is 11.6 Å². The van der Waals surface area contributed by atoms with Crippen LogP contribution in [0.2, 0.25) is 0 Å². The van der Waals surface area contributed by atoms with E-state index in [1.165, 1.54) is 35.1 Å². The van der Waals surface area contributed by atoms with Crippen LogP contribution in [0.25, 0.3) is 16.9 Å². The highest BCUT2D eigenvalue weighted by Gasteiger charge is 2.30. The van der Waals surface area contributed by atoms with E-state index in [4.69, 9.17) is 10.5 Å². The standard InChI is InChI=1S/C24H19F3N6O2/c1-14-31-19(16-3-2-4-18(8-16)24(25,26)27)9-23(32-14)35-22-7-15(10-28)5-6-20(22)33-13-17(12-30-33)21(34)11-29/h2-9,12-13,21,34H,11,29H2,1H3/t21-/m0/s1. The molecule has 0 spiro atoms. The summed E-state index contributed by atoms with van der Waals surface area (Å²) in [7, 11) is 0. The molecule has 1 atom stereocenters. The number of nitrogens with two attached hydrogens (primary N) is 1. The molecule has 2 aromatic heterocycles. The van der Waals surface area contributed by atoms with Crippen LogP contribution in [0.1, 0.15) is 28.6 Å². The van der Waals surface area contributed by atoms with Crippen LogP contribution < -0.4 is 10.5 Å². The summed E-state index contributed by atoms with van der Waals surface area (Å²) in [5, 5.41) is 23.5. The summed E-state index contributed by atoms with van der Waals surface area (Å²) in [6.07, 6.45) is -2.36. The molecule has 8 nitrogen and oxygen atoms in total. The van der Waals surface area contributed by atoms with E-state index in [-0.39, 0.29) is 35.3 Å². The number of nitrogens with zero attached hydrogens (tertiary/aromatic N) is 5. The molecule has 3 N–H and O–H groups in total. The van der Waals surface area contributed by atoms with Crippen LogP contribution in [-0.4, -0.2) is 31.4 Å². The number of nitriles is 1. The topological polar surface area (TPSA) is 123 Å². The van der Waals surface area contributed by atoms with Gasteiger partial charge in [-0.1, -0.05) is 12.1 Å². The summed E-state index contributed by atoms with van der Waals surface area (Å²) in [6, 6.07) is 12.9. The zero-order chi connectivity index (χ0) is 25.2. The summed E-state index contributed by atoms with van der Waals surface area (Å²) >= 11 is 0. The Morgan fingerprint density at radius 3 is 2.69 bits per heavy atom. The van der Waals surface area contributed by atoms with Crippen LogP contribution in [0.4, 0.5) is 13.2 Å². The summed E-state index contributed by atoms with van der Waals surface area (Å²) < 4.78 is 46.9. The Kier molecular flexibility index (Phi) is 6.50. The Morgan fingerprint density at radius 2 is 1.97 bits per heavy atom. The van der Waals surface area contributed by atoms with Gasteiger partial charge < -0.3 is 15.6 Å². The third-order valence-corrected chi connectivity index (χ3v) is 5.06. The average Bonchev–Trinajstić information content (AvgIpc) is 3.33. The highest BCUT2D eigenvalue weighted by atomic mass is 19.4. The van der Waals surface area contributed by atoms with Gasteiger partial charge in [-0.2, -0.15) is 28.5 Å². The molecule has 0 aliphatic rings. The second-order valence-corrected chi connectivity index (χ2v) is 7.58. The number of aliphatic hydroxyl groups excluding tert-OH is 1. The maximum absolute atomic E-state index is 13.2. The molecule has 0 amide bonds. The molecule has 11 heteroatoms. The van der Waals surface area contributed by atoms with Gasteiger partial charge in [-0.05, 0) is 31.2 Å². The van der Waals surface area contributed by atoms with E-state index in [1.54, 1.807) is 25.3 Å². The number of aromatic nitrogens is 4. The zero-order valence-corrected chi connectivity index (χ0v) is 18.4. The lowest BCUT2D eigenvalue weighted by atomic mass is 10.1. The maximum Gasteiger partial charge on any atom is 0.416 e. The second-order valence-electron chi connectivity index (χ2n) is 7.58. The van der Waals surface area contributed by atoms with Crippen molar-refractivity contribution in [3.63, 3.8) is 0 Å². The number of hydrogen-bond acceptors (Lipinski definition) is 7. The lowest BCUT2D eigenvalue weighted by Gasteiger charge is -2.13. The highest BCUT2D eigenvalue weighted by molar-refractivity contribution is 5.62. The number of halogens is 3. The average molecular weight is 480 g/mol. The molecule has 4 rings (SSSR count).